The van der Waals surface area contributed by atoms with Crippen molar-refractivity contribution < 1.29 is 4.74 Å². The molecule has 1 saturated heterocycles. The van der Waals surface area contributed by atoms with Gasteiger partial charge in [0.15, 0.2) is 0 Å². The number of benzene rings is 1. The largest absolute Gasteiger partial charge is 0.381 e. The van der Waals surface area contributed by atoms with E-state index in [2.05, 4.69) is 30.4 Å². The Balaban J connectivity index is 1.37. The van der Waals surface area contributed by atoms with E-state index < -0.39 is 0 Å². The van der Waals surface area contributed by atoms with Gasteiger partial charge in [-0.25, -0.2) is 15.0 Å². The summed E-state index contributed by atoms with van der Waals surface area (Å²) in [7, 11) is 0. The fourth-order valence-electron chi connectivity index (χ4n) is 3.35. The topological polar surface area (TPSA) is 93.5 Å². The van der Waals surface area contributed by atoms with Crippen LogP contribution in [0.4, 0.5) is 11.6 Å². The van der Waals surface area contributed by atoms with Crippen molar-refractivity contribution in [1.82, 2.24) is 29.7 Å². The normalized spacial score (nSPS) is 15.3. The number of rotatable bonds is 4. The highest BCUT2D eigenvalue weighted by Gasteiger charge is 2.16. The van der Waals surface area contributed by atoms with Gasteiger partial charge in [0.25, 0.3) is 0 Å². The maximum absolute atomic E-state index is 5.42. The number of aromatic nitrogens is 6. The standard InChI is InChI=1S/C19H19N7O/c1-2-17-18(22-12-21-17)9-13(1)16-3-6-20-19(25-16)24-14-10-23-26(11-14)15-4-7-27-8-5-15/h1-3,6,9-12,15H,4-5,7-8H2,(H,21,22)(H,20,24,25). The van der Waals surface area contributed by atoms with E-state index in [1.165, 1.54) is 0 Å². The van der Waals surface area contributed by atoms with E-state index in [0.717, 1.165) is 54.0 Å². The van der Waals surface area contributed by atoms with Crippen LogP contribution in [0.2, 0.25) is 0 Å². The van der Waals surface area contributed by atoms with Crippen LogP contribution in [-0.4, -0.2) is 42.9 Å². The van der Waals surface area contributed by atoms with Crippen LogP contribution in [0.25, 0.3) is 22.3 Å². The molecule has 0 unspecified atom stereocenters. The van der Waals surface area contributed by atoms with Gasteiger partial charge in [0.2, 0.25) is 5.95 Å². The van der Waals surface area contributed by atoms with E-state index in [1.54, 1.807) is 18.7 Å². The van der Waals surface area contributed by atoms with E-state index in [1.807, 2.05) is 35.1 Å². The number of ether oxygens (including phenoxy) is 1. The van der Waals surface area contributed by atoms with Crippen LogP contribution in [0.1, 0.15) is 18.9 Å². The summed E-state index contributed by atoms with van der Waals surface area (Å²) < 4.78 is 7.42. The number of hydrogen-bond acceptors (Lipinski definition) is 6. The van der Waals surface area contributed by atoms with Crippen molar-refractivity contribution in [2.45, 2.75) is 18.9 Å². The molecule has 3 aromatic heterocycles. The van der Waals surface area contributed by atoms with Crippen LogP contribution in [0.5, 0.6) is 0 Å². The molecular weight excluding hydrogens is 342 g/mol. The number of fused-ring (bicyclic) bond motifs is 1. The van der Waals surface area contributed by atoms with Crippen LogP contribution < -0.4 is 5.32 Å². The van der Waals surface area contributed by atoms with Gasteiger partial charge in [-0.15, -0.1) is 0 Å². The van der Waals surface area contributed by atoms with Crippen molar-refractivity contribution in [3.63, 3.8) is 0 Å². The molecule has 0 saturated carbocycles. The lowest BCUT2D eigenvalue weighted by Gasteiger charge is -2.22. The SMILES string of the molecule is c1cc(-c2ccc3[nH]cnc3c2)nc(Nc2cnn(C3CCOCC3)c2)n1. The minimum Gasteiger partial charge on any atom is -0.381 e. The summed E-state index contributed by atoms with van der Waals surface area (Å²) in [5.74, 6) is 0.543. The summed E-state index contributed by atoms with van der Waals surface area (Å²) in [5, 5.41) is 7.72. The molecule has 0 bridgehead atoms. The molecule has 0 radical (unpaired) electrons. The molecule has 4 aromatic rings. The summed E-state index contributed by atoms with van der Waals surface area (Å²) in [6.45, 7) is 1.58. The molecule has 5 rings (SSSR count). The lowest BCUT2D eigenvalue weighted by atomic mass is 10.1. The number of aromatic amines is 1. The minimum atomic E-state index is 0.391. The highest BCUT2D eigenvalue weighted by molar-refractivity contribution is 5.80. The first-order chi connectivity index (χ1) is 13.3. The average Bonchev–Trinajstić information content (AvgIpc) is 3.38. The molecule has 0 aliphatic carbocycles. The van der Waals surface area contributed by atoms with Gasteiger partial charge in [-0.05, 0) is 31.0 Å². The van der Waals surface area contributed by atoms with Gasteiger partial charge >= 0.3 is 0 Å². The van der Waals surface area contributed by atoms with E-state index in [0.29, 0.717) is 12.0 Å². The van der Waals surface area contributed by atoms with Crippen LogP contribution >= 0.6 is 0 Å². The fourth-order valence-corrected chi connectivity index (χ4v) is 3.35. The maximum atomic E-state index is 5.42. The predicted molar refractivity (Wildman–Crippen MR) is 102 cm³/mol. The van der Waals surface area contributed by atoms with Crippen LogP contribution in [-0.2, 0) is 4.74 Å². The van der Waals surface area contributed by atoms with Crippen molar-refractivity contribution in [2.24, 2.45) is 0 Å². The molecular formula is C19H19N7O. The van der Waals surface area contributed by atoms with Gasteiger partial charge in [-0.3, -0.25) is 4.68 Å². The van der Waals surface area contributed by atoms with Gasteiger partial charge in [0.1, 0.15) is 0 Å². The number of nitrogens with zero attached hydrogens (tertiary/aromatic N) is 5. The Labute approximate surface area is 155 Å². The molecule has 1 aromatic carbocycles. The Morgan fingerprint density at radius 1 is 1.15 bits per heavy atom. The van der Waals surface area contributed by atoms with Crippen LogP contribution in [0.15, 0.2) is 49.2 Å². The quantitative estimate of drug-likeness (QED) is 0.579. The van der Waals surface area contributed by atoms with Crippen molar-refractivity contribution in [2.75, 3.05) is 18.5 Å². The van der Waals surface area contributed by atoms with Gasteiger partial charge in [0.05, 0.1) is 41.0 Å². The first kappa shape index (κ1) is 16.0. The number of H-pyrrole nitrogens is 1. The second-order valence-electron chi connectivity index (χ2n) is 6.58. The summed E-state index contributed by atoms with van der Waals surface area (Å²) >= 11 is 0. The smallest absolute Gasteiger partial charge is 0.227 e. The Morgan fingerprint density at radius 2 is 2.07 bits per heavy atom. The first-order valence-corrected chi connectivity index (χ1v) is 9.01. The zero-order chi connectivity index (χ0) is 18.1. The van der Waals surface area contributed by atoms with Crippen LogP contribution in [0, 0.1) is 0 Å². The minimum absolute atomic E-state index is 0.391. The molecule has 8 nitrogen and oxygen atoms in total. The zero-order valence-corrected chi connectivity index (χ0v) is 14.7. The summed E-state index contributed by atoms with van der Waals surface area (Å²) in [4.78, 5) is 16.4. The Kier molecular flexibility index (Phi) is 4.02. The molecule has 0 atom stereocenters. The number of nitrogens with one attached hydrogen (secondary N) is 2. The first-order valence-electron chi connectivity index (χ1n) is 9.01. The zero-order valence-electron chi connectivity index (χ0n) is 14.7. The summed E-state index contributed by atoms with van der Waals surface area (Å²) in [6, 6.07) is 8.33. The molecule has 136 valence electrons. The van der Waals surface area contributed by atoms with Gasteiger partial charge in [-0.1, -0.05) is 6.07 Å². The van der Waals surface area contributed by atoms with Crippen molar-refractivity contribution in [1.29, 1.82) is 0 Å². The van der Waals surface area contributed by atoms with E-state index >= 15 is 0 Å². The molecule has 1 aliphatic heterocycles. The van der Waals surface area contributed by atoms with Crippen LogP contribution in [0.3, 0.4) is 0 Å². The molecule has 0 amide bonds. The lowest BCUT2D eigenvalue weighted by Crippen LogP contribution is -2.19. The second-order valence-corrected chi connectivity index (χ2v) is 6.58. The third-order valence-electron chi connectivity index (χ3n) is 4.80. The molecule has 8 heteroatoms. The maximum Gasteiger partial charge on any atom is 0.227 e. The highest BCUT2D eigenvalue weighted by atomic mass is 16.5. The Morgan fingerprint density at radius 3 is 3.00 bits per heavy atom. The molecule has 1 fully saturated rings. The van der Waals surface area contributed by atoms with Crippen molar-refractivity contribution in [3.8, 4) is 11.3 Å². The molecule has 0 spiro atoms. The Bertz CT molecular complexity index is 1060. The molecule has 4 heterocycles. The number of imidazole rings is 1. The van der Waals surface area contributed by atoms with E-state index in [4.69, 9.17) is 4.74 Å². The monoisotopic (exact) mass is 361 g/mol. The molecule has 27 heavy (non-hydrogen) atoms. The summed E-state index contributed by atoms with van der Waals surface area (Å²) in [6.07, 6.45) is 9.23. The Hall–Kier alpha value is -3.26. The van der Waals surface area contributed by atoms with E-state index in [-0.39, 0.29) is 0 Å². The third kappa shape index (κ3) is 3.26. The highest BCUT2D eigenvalue weighted by Crippen LogP contribution is 2.24. The van der Waals surface area contributed by atoms with Gasteiger partial charge < -0.3 is 15.0 Å². The second kappa shape index (κ2) is 6.81. The van der Waals surface area contributed by atoms with Crippen molar-refractivity contribution >= 4 is 22.7 Å². The summed E-state index contributed by atoms with van der Waals surface area (Å²) in [5.41, 5.74) is 4.64. The third-order valence-corrected chi connectivity index (χ3v) is 4.80. The van der Waals surface area contributed by atoms with E-state index in [9.17, 15) is 0 Å². The predicted octanol–water partition coefficient (Wildman–Crippen LogP) is 3.31. The fraction of sp³-hybridized carbons (Fsp3) is 0.263. The van der Waals surface area contributed by atoms with Crippen molar-refractivity contribution in [3.05, 3.63) is 49.2 Å². The molecule has 1 aliphatic rings. The molecule has 2 N–H and O–H groups in total. The number of anilines is 2. The van der Waals surface area contributed by atoms with Gasteiger partial charge in [0, 0.05) is 31.2 Å². The van der Waals surface area contributed by atoms with Gasteiger partial charge in [-0.2, -0.15) is 5.10 Å². The lowest BCUT2D eigenvalue weighted by molar-refractivity contribution is 0.0662. The number of hydrogen-bond donors (Lipinski definition) is 2. The average molecular weight is 361 g/mol.